The lowest BCUT2D eigenvalue weighted by Crippen LogP contribution is -2.48. The van der Waals surface area contributed by atoms with E-state index in [4.69, 9.17) is 14.5 Å². The number of likely N-dealkylation sites (N-methyl/N-ethyl adjacent to an activating group) is 1. The highest BCUT2D eigenvalue weighted by molar-refractivity contribution is 7.89. The number of hydrogen-bond donors (Lipinski definition) is 1. The Morgan fingerprint density at radius 1 is 1.07 bits per heavy atom. The topological polar surface area (TPSA) is 153 Å². The number of methoxy groups -OCH3 is 1. The van der Waals surface area contributed by atoms with Crippen LogP contribution in [0.5, 0.6) is 5.88 Å². The fraction of sp³-hybridized carbons (Fsp3) is 0.500. The summed E-state index contributed by atoms with van der Waals surface area (Å²) in [5.41, 5.74) is 1.17. The summed E-state index contributed by atoms with van der Waals surface area (Å²) in [7, 11) is -0.401. The second-order valence-corrected chi connectivity index (χ2v) is 11.7. The Morgan fingerprint density at radius 2 is 1.85 bits per heavy atom. The highest BCUT2D eigenvalue weighted by Crippen LogP contribution is 2.30. The largest absolute Gasteiger partial charge is 0.475 e. The molecule has 1 aliphatic heterocycles. The van der Waals surface area contributed by atoms with Crippen LogP contribution in [0, 0.1) is 0 Å². The van der Waals surface area contributed by atoms with Crippen molar-refractivity contribution in [1.29, 1.82) is 0 Å². The first-order valence-corrected chi connectivity index (χ1v) is 15.0. The highest BCUT2D eigenvalue weighted by atomic mass is 32.2. The molecule has 0 atom stereocenters. The molecule has 1 aliphatic rings. The van der Waals surface area contributed by atoms with E-state index >= 15 is 0 Å². The van der Waals surface area contributed by atoms with Gasteiger partial charge in [-0.05, 0) is 19.0 Å². The summed E-state index contributed by atoms with van der Waals surface area (Å²) in [6, 6.07) is 1.46. The molecule has 1 saturated heterocycles. The number of fused-ring (bicyclic) bond motifs is 1. The van der Waals surface area contributed by atoms with E-state index in [1.807, 2.05) is 24.7 Å². The van der Waals surface area contributed by atoms with Crippen molar-refractivity contribution in [2.75, 3.05) is 53.0 Å². The molecule has 4 aromatic rings. The number of aromatic amines is 1. The lowest BCUT2D eigenvalue weighted by molar-refractivity contribution is 0.144. The van der Waals surface area contributed by atoms with Gasteiger partial charge in [-0.15, -0.1) is 0 Å². The van der Waals surface area contributed by atoms with Gasteiger partial charge in [0.05, 0.1) is 30.6 Å². The summed E-state index contributed by atoms with van der Waals surface area (Å²) in [6.45, 7) is 7.79. The van der Waals surface area contributed by atoms with E-state index in [9.17, 15) is 13.2 Å². The quantitative estimate of drug-likeness (QED) is 0.251. The molecule has 0 aliphatic carbocycles. The first-order valence-electron chi connectivity index (χ1n) is 13.6. The molecular formula is C26H35N9O5S. The van der Waals surface area contributed by atoms with Crippen LogP contribution in [0.25, 0.3) is 22.4 Å². The van der Waals surface area contributed by atoms with Gasteiger partial charge in [0, 0.05) is 52.7 Å². The van der Waals surface area contributed by atoms with Crippen LogP contribution in [-0.4, -0.2) is 105 Å². The van der Waals surface area contributed by atoms with Gasteiger partial charge in [0.25, 0.3) is 5.56 Å². The van der Waals surface area contributed by atoms with Gasteiger partial charge in [0.2, 0.25) is 15.9 Å². The maximum atomic E-state index is 13.6. The van der Waals surface area contributed by atoms with Crippen LogP contribution >= 0.6 is 0 Å². The van der Waals surface area contributed by atoms with Crippen molar-refractivity contribution in [3.8, 4) is 17.3 Å². The summed E-state index contributed by atoms with van der Waals surface area (Å²) >= 11 is 0. The van der Waals surface area contributed by atoms with Gasteiger partial charge in [-0.2, -0.15) is 9.40 Å². The number of nitrogens with one attached hydrogen (secondary N) is 1. The number of aryl methyl sites for hydroxylation is 2. The van der Waals surface area contributed by atoms with E-state index in [0.29, 0.717) is 51.3 Å². The number of imidazole rings is 1. The van der Waals surface area contributed by atoms with Crippen LogP contribution in [0.1, 0.15) is 25.4 Å². The Balaban J connectivity index is 1.59. The summed E-state index contributed by atoms with van der Waals surface area (Å²) < 4.78 is 43.2. The van der Waals surface area contributed by atoms with Crippen molar-refractivity contribution in [3.63, 3.8) is 0 Å². The fourth-order valence-corrected chi connectivity index (χ4v) is 6.27. The molecule has 4 aromatic heterocycles. The first-order chi connectivity index (χ1) is 19.8. The van der Waals surface area contributed by atoms with Gasteiger partial charge >= 0.3 is 0 Å². The normalized spacial score (nSPS) is 15.1. The maximum Gasteiger partial charge on any atom is 0.279 e. The molecule has 41 heavy (non-hydrogen) atoms. The molecule has 1 fully saturated rings. The van der Waals surface area contributed by atoms with Crippen molar-refractivity contribution >= 4 is 21.1 Å². The molecular weight excluding hydrogens is 550 g/mol. The van der Waals surface area contributed by atoms with Crippen LogP contribution < -0.4 is 10.3 Å². The Kier molecular flexibility index (Phi) is 8.49. The first kappa shape index (κ1) is 28.9. The number of rotatable bonds is 11. The SMILES string of the molecule is CCc1c2nc(-c3cc(S(=O)(=O)N4CCN(CC)CC4)cnc3OCCOC)[nH]c(=O)c2nn1Cc1nccn1C. The van der Waals surface area contributed by atoms with Gasteiger partial charge in [-0.3, -0.25) is 9.48 Å². The number of sulfonamides is 1. The molecule has 0 spiro atoms. The van der Waals surface area contributed by atoms with Crippen LogP contribution in [0.4, 0.5) is 0 Å². The summed E-state index contributed by atoms with van der Waals surface area (Å²) in [5, 5.41) is 4.54. The van der Waals surface area contributed by atoms with Gasteiger partial charge < -0.3 is 23.9 Å². The predicted molar refractivity (Wildman–Crippen MR) is 151 cm³/mol. The van der Waals surface area contributed by atoms with E-state index in [1.165, 1.54) is 16.6 Å². The molecule has 0 amide bonds. The Labute approximate surface area is 238 Å². The molecule has 15 heteroatoms. The van der Waals surface area contributed by atoms with Crippen molar-refractivity contribution in [3.05, 3.63) is 46.5 Å². The van der Waals surface area contributed by atoms with Gasteiger partial charge in [0.15, 0.2) is 5.52 Å². The number of H-pyrrole nitrogens is 1. The Bertz CT molecular complexity index is 1690. The number of pyridine rings is 1. The molecule has 220 valence electrons. The fourth-order valence-electron chi connectivity index (χ4n) is 4.87. The van der Waals surface area contributed by atoms with Crippen molar-refractivity contribution in [2.45, 2.75) is 31.7 Å². The van der Waals surface area contributed by atoms with Crippen LogP contribution in [0.15, 0.2) is 34.3 Å². The monoisotopic (exact) mass is 585 g/mol. The van der Waals surface area contributed by atoms with E-state index in [0.717, 1.165) is 18.1 Å². The third-order valence-corrected chi connectivity index (χ3v) is 9.14. The maximum absolute atomic E-state index is 13.6. The molecule has 0 aromatic carbocycles. The molecule has 0 saturated carbocycles. The molecule has 5 heterocycles. The molecule has 0 bridgehead atoms. The molecule has 0 unspecified atom stereocenters. The highest BCUT2D eigenvalue weighted by Gasteiger charge is 2.30. The molecule has 0 radical (unpaired) electrons. The summed E-state index contributed by atoms with van der Waals surface area (Å²) in [6.07, 6.45) is 5.39. The average Bonchev–Trinajstić information content (AvgIpc) is 3.55. The summed E-state index contributed by atoms with van der Waals surface area (Å²) in [4.78, 5) is 31.7. The van der Waals surface area contributed by atoms with Gasteiger partial charge in [-0.25, -0.2) is 23.4 Å². The van der Waals surface area contributed by atoms with E-state index < -0.39 is 15.6 Å². The average molecular weight is 586 g/mol. The third-order valence-electron chi connectivity index (χ3n) is 7.27. The zero-order chi connectivity index (χ0) is 29.1. The predicted octanol–water partition coefficient (Wildman–Crippen LogP) is 0.877. The zero-order valence-electron chi connectivity index (χ0n) is 23.7. The van der Waals surface area contributed by atoms with Crippen LogP contribution in [0.2, 0.25) is 0 Å². The zero-order valence-corrected chi connectivity index (χ0v) is 24.5. The van der Waals surface area contributed by atoms with Crippen molar-refractivity contribution < 1.29 is 17.9 Å². The number of hydrogen-bond acceptors (Lipinski definition) is 10. The molecule has 14 nitrogen and oxygen atoms in total. The summed E-state index contributed by atoms with van der Waals surface area (Å²) in [5.74, 6) is 1.05. The second kappa shape index (κ2) is 12.1. The van der Waals surface area contributed by atoms with E-state index in [-0.39, 0.29) is 34.3 Å². The number of nitrogens with zero attached hydrogens (tertiary/aromatic N) is 8. The second-order valence-electron chi connectivity index (χ2n) is 9.73. The van der Waals surface area contributed by atoms with Crippen LogP contribution in [0.3, 0.4) is 0 Å². The van der Waals surface area contributed by atoms with Crippen LogP contribution in [-0.2, 0) is 34.8 Å². The smallest absolute Gasteiger partial charge is 0.279 e. The molecule has 1 N–H and O–H groups in total. The minimum absolute atomic E-state index is 0.000443. The minimum Gasteiger partial charge on any atom is -0.475 e. The lowest BCUT2D eigenvalue weighted by atomic mass is 10.2. The Morgan fingerprint density at radius 3 is 2.51 bits per heavy atom. The third kappa shape index (κ3) is 5.75. The standard InChI is InChI=1S/C26H35N9O5S/c1-5-20-22-23(31-35(20)17-21-27-7-8-32(21)3)25(36)30-24(29-22)19-15-18(16-28-26(19)40-14-13-39-4)41(37,38)34-11-9-33(6-2)10-12-34/h7-8,15-16H,5-6,9-14,17H2,1-4H3,(H,29,30,36). The van der Waals surface area contributed by atoms with Gasteiger partial charge in [0.1, 0.15) is 28.7 Å². The van der Waals surface area contributed by atoms with E-state index in [1.54, 1.807) is 18.0 Å². The molecule has 5 rings (SSSR count). The van der Waals surface area contributed by atoms with E-state index in [2.05, 4.69) is 31.9 Å². The number of piperazine rings is 1. The Hall–Kier alpha value is -3.66. The number of ether oxygens (including phenoxy) is 2. The van der Waals surface area contributed by atoms with Crippen molar-refractivity contribution in [2.24, 2.45) is 7.05 Å². The van der Waals surface area contributed by atoms with Gasteiger partial charge in [-0.1, -0.05) is 13.8 Å². The lowest BCUT2D eigenvalue weighted by Gasteiger charge is -2.33. The minimum atomic E-state index is -3.84. The van der Waals surface area contributed by atoms with Crippen molar-refractivity contribution in [1.82, 2.24) is 43.5 Å². The number of aromatic nitrogens is 7.